The summed E-state index contributed by atoms with van der Waals surface area (Å²) in [5.74, 6) is 0.126. The molecule has 1 unspecified atom stereocenters. The first-order valence-corrected chi connectivity index (χ1v) is 9.62. The Kier molecular flexibility index (Phi) is 8.21. The van der Waals surface area contributed by atoms with Crippen LogP contribution in [-0.4, -0.2) is 57.2 Å². The normalized spacial score (nSPS) is 19.4. The van der Waals surface area contributed by atoms with Gasteiger partial charge in [-0.05, 0) is 39.7 Å². The highest BCUT2D eigenvalue weighted by Gasteiger charge is 2.18. The highest BCUT2D eigenvalue weighted by Crippen LogP contribution is 2.10. The maximum absolute atomic E-state index is 11.9. The van der Waals surface area contributed by atoms with E-state index in [1.165, 1.54) is 12.8 Å². The van der Waals surface area contributed by atoms with Crippen LogP contribution in [-0.2, 0) is 14.8 Å². The highest BCUT2D eigenvalue weighted by molar-refractivity contribution is 7.89. The molecule has 0 spiro atoms. The van der Waals surface area contributed by atoms with E-state index < -0.39 is 10.0 Å². The monoisotopic (exact) mass is 319 g/mol. The van der Waals surface area contributed by atoms with Crippen LogP contribution in [0, 0.1) is 0 Å². The fourth-order valence-electron chi connectivity index (χ4n) is 2.59. The summed E-state index contributed by atoms with van der Waals surface area (Å²) in [6.07, 6.45) is 4.26. The van der Waals surface area contributed by atoms with Crippen molar-refractivity contribution in [3.05, 3.63) is 0 Å². The second kappa shape index (κ2) is 9.38. The molecule has 0 aromatic heterocycles. The molecule has 0 bridgehead atoms. The third-order valence-electron chi connectivity index (χ3n) is 3.92. The van der Waals surface area contributed by atoms with Crippen LogP contribution in [0.5, 0.6) is 0 Å². The summed E-state index contributed by atoms with van der Waals surface area (Å²) in [6, 6.07) is 0.313. The Morgan fingerprint density at radius 3 is 2.57 bits per heavy atom. The maximum atomic E-state index is 11.9. The average Bonchev–Trinajstić information content (AvgIpc) is 2.47. The molecule has 2 N–H and O–H groups in total. The first-order valence-electron chi connectivity index (χ1n) is 7.97. The second-order valence-corrected chi connectivity index (χ2v) is 7.39. The molecule has 1 fully saturated rings. The van der Waals surface area contributed by atoms with Crippen LogP contribution in [0.2, 0.25) is 0 Å². The lowest BCUT2D eigenvalue weighted by Gasteiger charge is -2.23. The van der Waals surface area contributed by atoms with Crippen molar-refractivity contribution in [3.8, 4) is 0 Å². The van der Waals surface area contributed by atoms with Crippen molar-refractivity contribution in [3.63, 3.8) is 0 Å². The fourth-order valence-corrected chi connectivity index (χ4v) is 3.74. The number of hydrogen-bond acceptors (Lipinski definition) is 4. The first kappa shape index (κ1) is 18.4. The van der Waals surface area contributed by atoms with Crippen LogP contribution in [0.3, 0.4) is 0 Å². The summed E-state index contributed by atoms with van der Waals surface area (Å²) in [7, 11) is -3.28. The van der Waals surface area contributed by atoms with Gasteiger partial charge in [0.25, 0.3) is 0 Å². The molecule has 7 heteroatoms. The number of carbonyl (C=O) groups is 1. The smallest absolute Gasteiger partial charge is 0.223 e. The van der Waals surface area contributed by atoms with E-state index in [1.807, 2.05) is 13.8 Å². The van der Waals surface area contributed by atoms with Crippen molar-refractivity contribution in [2.75, 3.05) is 31.9 Å². The van der Waals surface area contributed by atoms with Gasteiger partial charge in [-0.3, -0.25) is 4.79 Å². The lowest BCUT2D eigenvalue weighted by Crippen LogP contribution is -2.38. The van der Waals surface area contributed by atoms with Gasteiger partial charge in [-0.1, -0.05) is 6.42 Å². The van der Waals surface area contributed by atoms with Gasteiger partial charge in [0.05, 0.1) is 5.75 Å². The molecule has 1 atom stereocenters. The third-order valence-corrected chi connectivity index (χ3v) is 5.34. The third kappa shape index (κ3) is 7.24. The van der Waals surface area contributed by atoms with Crippen molar-refractivity contribution in [2.45, 2.75) is 52.0 Å². The molecule has 0 aromatic rings. The number of carbonyl (C=O) groups excluding carboxylic acids is 1. The molecular formula is C14H29N3O3S. The standard InChI is InChI=1S/C14H29N3O3S/c1-3-17(4-2)14(18)8-11-16-21(19,20)12-9-13-7-5-6-10-15-13/h13,15-16H,3-12H2,1-2H3. The minimum Gasteiger partial charge on any atom is -0.343 e. The number of amides is 1. The molecule has 1 rings (SSSR count). The number of nitrogens with zero attached hydrogens (tertiary/aromatic N) is 1. The van der Waals surface area contributed by atoms with Crippen LogP contribution in [0.1, 0.15) is 46.0 Å². The van der Waals surface area contributed by atoms with Crippen molar-refractivity contribution in [1.29, 1.82) is 0 Å². The molecule has 124 valence electrons. The molecule has 0 aromatic carbocycles. The molecule has 21 heavy (non-hydrogen) atoms. The zero-order valence-corrected chi connectivity index (χ0v) is 14.0. The van der Waals surface area contributed by atoms with Crippen LogP contribution in [0.4, 0.5) is 0 Å². The molecule has 1 aliphatic rings. The Morgan fingerprint density at radius 1 is 1.29 bits per heavy atom. The van der Waals surface area contributed by atoms with Crippen molar-refractivity contribution >= 4 is 15.9 Å². The predicted octanol–water partition coefficient (Wildman–Crippen LogP) is 0.697. The number of nitrogens with one attached hydrogen (secondary N) is 2. The van der Waals surface area contributed by atoms with Crippen molar-refractivity contribution < 1.29 is 13.2 Å². The largest absolute Gasteiger partial charge is 0.343 e. The quantitative estimate of drug-likeness (QED) is 0.656. The van der Waals surface area contributed by atoms with Gasteiger partial charge in [-0.25, -0.2) is 13.1 Å². The van der Waals surface area contributed by atoms with E-state index in [2.05, 4.69) is 10.0 Å². The first-order chi connectivity index (χ1) is 9.98. The predicted molar refractivity (Wildman–Crippen MR) is 84.6 cm³/mol. The summed E-state index contributed by atoms with van der Waals surface area (Å²) in [4.78, 5) is 13.5. The lowest BCUT2D eigenvalue weighted by molar-refractivity contribution is -0.130. The molecule has 1 saturated heterocycles. The Bertz CT molecular complexity index is 402. The lowest BCUT2D eigenvalue weighted by atomic mass is 10.0. The highest BCUT2D eigenvalue weighted by atomic mass is 32.2. The minimum atomic E-state index is -3.28. The number of piperidine rings is 1. The van der Waals surface area contributed by atoms with E-state index in [0.717, 1.165) is 13.0 Å². The molecule has 6 nitrogen and oxygen atoms in total. The van der Waals surface area contributed by atoms with Crippen molar-refractivity contribution in [1.82, 2.24) is 14.9 Å². The van der Waals surface area contributed by atoms with Gasteiger partial charge in [0.1, 0.15) is 0 Å². The van der Waals surface area contributed by atoms with Crippen LogP contribution in [0.25, 0.3) is 0 Å². The SMILES string of the molecule is CCN(CC)C(=O)CCNS(=O)(=O)CCC1CCCCN1. The topological polar surface area (TPSA) is 78.5 Å². The fraction of sp³-hybridized carbons (Fsp3) is 0.929. The van der Waals surface area contributed by atoms with E-state index in [9.17, 15) is 13.2 Å². The van der Waals surface area contributed by atoms with Gasteiger partial charge in [0, 0.05) is 32.1 Å². The second-order valence-electron chi connectivity index (χ2n) is 5.46. The van der Waals surface area contributed by atoms with Gasteiger partial charge in [0.2, 0.25) is 15.9 Å². The number of rotatable bonds is 9. The van der Waals surface area contributed by atoms with Gasteiger partial charge < -0.3 is 10.2 Å². The molecular weight excluding hydrogens is 290 g/mol. The Morgan fingerprint density at radius 2 is 2.00 bits per heavy atom. The van der Waals surface area contributed by atoms with Gasteiger partial charge in [-0.2, -0.15) is 0 Å². The van der Waals surface area contributed by atoms with E-state index in [0.29, 0.717) is 25.6 Å². The van der Waals surface area contributed by atoms with E-state index >= 15 is 0 Å². The van der Waals surface area contributed by atoms with Gasteiger partial charge in [0.15, 0.2) is 0 Å². The molecule has 0 aliphatic carbocycles. The van der Waals surface area contributed by atoms with Crippen LogP contribution < -0.4 is 10.0 Å². The van der Waals surface area contributed by atoms with E-state index in [4.69, 9.17) is 0 Å². The summed E-state index contributed by atoms with van der Waals surface area (Å²) >= 11 is 0. The average molecular weight is 319 g/mol. The van der Waals surface area contributed by atoms with Gasteiger partial charge in [-0.15, -0.1) is 0 Å². The maximum Gasteiger partial charge on any atom is 0.223 e. The molecule has 0 saturated carbocycles. The number of hydrogen-bond donors (Lipinski definition) is 2. The number of sulfonamides is 1. The Hall–Kier alpha value is -0.660. The zero-order chi connectivity index (χ0) is 15.7. The Labute approximate surface area is 128 Å². The van der Waals surface area contributed by atoms with E-state index in [-0.39, 0.29) is 24.6 Å². The van der Waals surface area contributed by atoms with Crippen LogP contribution in [0.15, 0.2) is 0 Å². The Balaban J connectivity index is 2.24. The minimum absolute atomic E-state index is 0.00310. The van der Waals surface area contributed by atoms with Crippen LogP contribution >= 0.6 is 0 Å². The molecule has 0 radical (unpaired) electrons. The molecule has 1 aliphatic heterocycles. The molecule has 1 amide bonds. The summed E-state index contributed by atoms with van der Waals surface area (Å²) in [6.45, 7) is 6.34. The van der Waals surface area contributed by atoms with E-state index in [1.54, 1.807) is 4.90 Å². The summed E-state index contributed by atoms with van der Waals surface area (Å²) in [5.41, 5.74) is 0. The van der Waals surface area contributed by atoms with Gasteiger partial charge >= 0.3 is 0 Å². The van der Waals surface area contributed by atoms with Crippen molar-refractivity contribution in [2.24, 2.45) is 0 Å². The summed E-state index contributed by atoms with van der Waals surface area (Å²) < 4.78 is 26.3. The summed E-state index contributed by atoms with van der Waals surface area (Å²) in [5, 5.41) is 3.34. The molecule has 1 heterocycles. The zero-order valence-electron chi connectivity index (χ0n) is 13.2.